The lowest BCUT2D eigenvalue weighted by atomic mass is 9.82. The Morgan fingerprint density at radius 1 is 1.20 bits per heavy atom. The molecule has 8 heteroatoms. The number of halogens is 1. The summed E-state index contributed by atoms with van der Waals surface area (Å²) in [6.45, 7) is 9.79. The van der Waals surface area contributed by atoms with E-state index in [1.165, 1.54) is 6.08 Å². The van der Waals surface area contributed by atoms with E-state index in [4.69, 9.17) is 15.2 Å². The van der Waals surface area contributed by atoms with Gasteiger partial charge in [-0.25, -0.2) is 9.59 Å². The molecule has 1 heterocycles. The first-order valence-corrected chi connectivity index (χ1v) is 14.6. The normalized spacial score (nSPS) is 26.8. The first-order valence-electron chi connectivity index (χ1n) is 13.8. The third-order valence-electron chi connectivity index (χ3n) is 6.95. The van der Waals surface area contributed by atoms with Gasteiger partial charge in [-0.3, -0.25) is 0 Å². The number of rotatable bonds is 5. The number of cyclic esters (lactones) is 1. The van der Waals surface area contributed by atoms with Crippen molar-refractivity contribution >= 4 is 28.0 Å². The molecule has 41 heavy (non-hydrogen) atoms. The quantitative estimate of drug-likeness (QED) is 0.185. The molecule has 0 aromatic heterocycles. The molecule has 0 spiro atoms. The minimum absolute atomic E-state index is 0.0645. The number of esters is 1. The van der Waals surface area contributed by atoms with E-state index in [9.17, 15) is 19.8 Å². The molecule has 1 aliphatic rings. The maximum absolute atomic E-state index is 12.5. The fourth-order valence-corrected chi connectivity index (χ4v) is 4.98. The zero-order chi connectivity index (χ0) is 30.6. The Labute approximate surface area is 252 Å². The van der Waals surface area contributed by atoms with Gasteiger partial charge >= 0.3 is 12.1 Å². The van der Waals surface area contributed by atoms with Gasteiger partial charge in [0.2, 0.25) is 0 Å². The van der Waals surface area contributed by atoms with Gasteiger partial charge in [-0.2, -0.15) is 0 Å². The molecule has 1 unspecified atom stereocenters. The highest BCUT2D eigenvalue weighted by Crippen LogP contribution is 2.40. The maximum Gasteiger partial charge on any atom is 0.404 e. The van der Waals surface area contributed by atoms with E-state index in [2.05, 4.69) is 27.8 Å². The molecule has 1 aromatic rings. The summed E-state index contributed by atoms with van der Waals surface area (Å²) in [4.78, 5) is 23.9. The maximum atomic E-state index is 12.5. The summed E-state index contributed by atoms with van der Waals surface area (Å²) >= 11 is 3.34. The number of aliphatic hydroxyl groups is 1. The van der Waals surface area contributed by atoms with Crippen LogP contribution < -0.4 is 5.73 Å². The standard InChI is InChI=1S/C33H42BrNO6/c1-22-12-10-16-29(37)41-28(24(3)18-17-23(2)21-25(20-22)40-32(35)39)15-8-6-7-9-19-33(4,5)31(38)26-13-11-14-27(36)30(26)34/h8-11,13-19,22-25,28,31,36,38H,12,20-21H2,1-5H3,(H2,35,39)/b15-8+,16-10-,18-17+,19-9+/t22-,23+,24+,25-,28+,31?/m0/s1. The van der Waals surface area contributed by atoms with E-state index < -0.39 is 29.7 Å². The second kappa shape index (κ2) is 16.2. The van der Waals surface area contributed by atoms with Gasteiger partial charge in [-0.05, 0) is 76.9 Å². The van der Waals surface area contributed by atoms with E-state index in [1.807, 2.05) is 52.8 Å². The monoisotopic (exact) mass is 627 g/mol. The molecule has 222 valence electrons. The van der Waals surface area contributed by atoms with Crippen LogP contribution >= 0.6 is 15.9 Å². The fraction of sp³-hybridized carbons (Fsp3) is 0.455. The Morgan fingerprint density at radius 3 is 2.61 bits per heavy atom. The van der Waals surface area contributed by atoms with Crippen LogP contribution in [0.2, 0.25) is 0 Å². The van der Waals surface area contributed by atoms with E-state index in [0.717, 1.165) is 0 Å². The van der Waals surface area contributed by atoms with E-state index in [1.54, 1.807) is 42.5 Å². The number of amides is 1. The van der Waals surface area contributed by atoms with Crippen molar-refractivity contribution in [2.24, 2.45) is 28.9 Å². The van der Waals surface area contributed by atoms with Crippen LogP contribution in [-0.2, 0) is 14.3 Å². The number of allylic oxidation sites excluding steroid dienone is 4. The number of nitrogens with two attached hydrogens (primary N) is 1. The number of primary amides is 1. The largest absolute Gasteiger partial charge is 0.507 e. The lowest BCUT2D eigenvalue weighted by molar-refractivity contribution is -0.142. The molecular formula is C33H42BrNO6. The second-order valence-corrected chi connectivity index (χ2v) is 12.1. The summed E-state index contributed by atoms with van der Waals surface area (Å²) < 4.78 is 11.5. The van der Waals surface area contributed by atoms with E-state index in [0.29, 0.717) is 29.3 Å². The van der Waals surface area contributed by atoms with E-state index >= 15 is 0 Å². The highest BCUT2D eigenvalue weighted by Gasteiger charge is 2.28. The molecule has 0 radical (unpaired) electrons. The van der Waals surface area contributed by atoms with Gasteiger partial charge < -0.3 is 25.4 Å². The summed E-state index contributed by atoms with van der Waals surface area (Å²) in [6, 6.07) is 4.99. The Bertz CT molecular complexity index is 1220. The van der Waals surface area contributed by atoms with Gasteiger partial charge in [-0.15, -0.1) is 0 Å². The lowest BCUT2D eigenvalue weighted by Crippen LogP contribution is -2.26. The van der Waals surface area contributed by atoms with Crippen LogP contribution in [0, 0.1) is 35.0 Å². The average Bonchev–Trinajstić information content (AvgIpc) is 2.88. The van der Waals surface area contributed by atoms with Crippen LogP contribution in [0.15, 0.2) is 71.3 Å². The lowest BCUT2D eigenvalue weighted by Gasteiger charge is -2.28. The topological polar surface area (TPSA) is 119 Å². The average molecular weight is 629 g/mol. The third kappa shape index (κ3) is 11.6. The Morgan fingerprint density at radius 2 is 1.90 bits per heavy atom. The highest BCUT2D eigenvalue weighted by atomic mass is 79.9. The smallest absolute Gasteiger partial charge is 0.404 e. The van der Waals surface area contributed by atoms with Gasteiger partial charge in [0.1, 0.15) is 18.0 Å². The zero-order valence-electron chi connectivity index (χ0n) is 24.4. The predicted molar refractivity (Wildman–Crippen MR) is 165 cm³/mol. The SMILES string of the molecule is C[C@H]1C/C=C\C(=O)O[C@H](/C=C/C#C/C=C/C(C)(C)C(O)c2cccc(O)c2Br)[C@H](C)/C=C/[C@@H](C)C[C@@H](OC(N)=O)C1. The molecule has 1 aliphatic heterocycles. The van der Waals surface area contributed by atoms with Crippen LogP contribution in [0.25, 0.3) is 0 Å². The van der Waals surface area contributed by atoms with Gasteiger partial charge in [0.15, 0.2) is 0 Å². The van der Waals surface area contributed by atoms with Crippen LogP contribution in [0.5, 0.6) is 5.75 Å². The van der Waals surface area contributed by atoms with Crippen molar-refractivity contribution in [2.45, 2.75) is 72.2 Å². The van der Waals surface area contributed by atoms with Gasteiger partial charge in [0.05, 0.1) is 10.6 Å². The van der Waals surface area contributed by atoms with Crippen LogP contribution in [0.1, 0.15) is 65.5 Å². The number of phenols is 1. The number of carbonyl (C=O) groups excluding carboxylic acids is 2. The molecule has 0 saturated heterocycles. The van der Waals surface area contributed by atoms with Crippen molar-refractivity contribution in [1.29, 1.82) is 0 Å². The molecule has 7 nitrogen and oxygen atoms in total. The minimum Gasteiger partial charge on any atom is -0.507 e. The summed E-state index contributed by atoms with van der Waals surface area (Å²) in [5.74, 6) is 5.69. The second-order valence-electron chi connectivity index (χ2n) is 11.3. The summed E-state index contributed by atoms with van der Waals surface area (Å²) in [5, 5.41) is 20.8. The van der Waals surface area contributed by atoms with Crippen molar-refractivity contribution in [2.75, 3.05) is 0 Å². The number of phenolic OH excluding ortho intramolecular Hbond substituents is 1. The summed E-state index contributed by atoms with van der Waals surface area (Å²) in [7, 11) is 0. The van der Waals surface area contributed by atoms with Crippen LogP contribution in [-0.4, -0.2) is 34.5 Å². The molecule has 0 aliphatic carbocycles. The number of carbonyl (C=O) groups is 2. The Balaban J connectivity index is 2.15. The van der Waals surface area contributed by atoms with Gasteiger partial charge in [0.25, 0.3) is 0 Å². The van der Waals surface area contributed by atoms with Crippen molar-refractivity contribution in [1.82, 2.24) is 0 Å². The third-order valence-corrected chi connectivity index (χ3v) is 7.81. The Kier molecular flexibility index (Phi) is 13.4. The number of aromatic hydroxyl groups is 1. The molecule has 0 saturated carbocycles. The number of benzene rings is 1. The van der Waals surface area contributed by atoms with Crippen molar-refractivity contribution < 1.29 is 29.3 Å². The van der Waals surface area contributed by atoms with Crippen molar-refractivity contribution in [3.05, 3.63) is 76.8 Å². The van der Waals surface area contributed by atoms with Crippen LogP contribution in [0.4, 0.5) is 4.79 Å². The molecule has 4 N–H and O–H groups in total. The fourth-order valence-electron chi connectivity index (χ4n) is 4.50. The molecule has 1 amide bonds. The number of ether oxygens (including phenoxy) is 2. The van der Waals surface area contributed by atoms with E-state index in [-0.39, 0.29) is 29.6 Å². The zero-order valence-corrected chi connectivity index (χ0v) is 26.0. The number of aliphatic hydroxyl groups excluding tert-OH is 1. The molecular weight excluding hydrogens is 586 g/mol. The van der Waals surface area contributed by atoms with Gasteiger partial charge in [-0.1, -0.05) is 82.9 Å². The highest BCUT2D eigenvalue weighted by molar-refractivity contribution is 9.10. The first kappa shape index (κ1) is 33.9. The predicted octanol–water partition coefficient (Wildman–Crippen LogP) is 6.91. The number of hydrogen-bond acceptors (Lipinski definition) is 6. The minimum atomic E-state index is -0.870. The number of hydrogen-bond donors (Lipinski definition) is 3. The first-order chi connectivity index (χ1) is 19.3. The molecule has 0 bridgehead atoms. The van der Waals surface area contributed by atoms with Crippen molar-refractivity contribution in [3.63, 3.8) is 0 Å². The molecule has 2 rings (SSSR count). The molecule has 6 atom stereocenters. The Hall–Kier alpha value is -3.28. The molecule has 1 aromatic carbocycles. The summed E-state index contributed by atoms with van der Waals surface area (Å²) in [5.41, 5.74) is 5.21. The van der Waals surface area contributed by atoms with Crippen molar-refractivity contribution in [3.8, 4) is 17.6 Å². The van der Waals surface area contributed by atoms with Crippen LogP contribution in [0.3, 0.4) is 0 Å². The van der Waals surface area contributed by atoms with Gasteiger partial charge in [0, 0.05) is 17.4 Å². The summed E-state index contributed by atoms with van der Waals surface area (Å²) in [6.07, 6.45) is 13.6. The molecule has 0 fully saturated rings.